The number of ether oxygens (including phenoxy) is 3. The molecule has 144 valence electrons. The van der Waals surface area contributed by atoms with Crippen molar-refractivity contribution in [3.63, 3.8) is 0 Å². The van der Waals surface area contributed by atoms with Crippen molar-refractivity contribution in [2.24, 2.45) is 0 Å². The van der Waals surface area contributed by atoms with Gasteiger partial charge in [-0.2, -0.15) is 0 Å². The van der Waals surface area contributed by atoms with E-state index in [4.69, 9.17) is 14.2 Å². The van der Waals surface area contributed by atoms with Crippen molar-refractivity contribution >= 4 is 11.6 Å². The van der Waals surface area contributed by atoms with Crippen LogP contribution in [-0.2, 0) is 17.9 Å². The Balaban J connectivity index is 1.49. The molecule has 0 bridgehead atoms. The van der Waals surface area contributed by atoms with E-state index in [1.165, 1.54) is 0 Å². The van der Waals surface area contributed by atoms with Crippen LogP contribution in [0.2, 0.25) is 0 Å². The molecule has 0 radical (unpaired) electrons. The largest absolute Gasteiger partial charge is 0.497 e. The minimum atomic E-state index is -0.332. The maximum Gasteiger partial charge on any atom is 0.278 e. The molecule has 1 aliphatic heterocycles. The SMILES string of the molecule is COc1ccc([C@@H]2Cn3nnc(C(=O)Nc4cccc(OC)c4)c3CO2)cc1. The maximum atomic E-state index is 12.6. The summed E-state index contributed by atoms with van der Waals surface area (Å²) in [5.41, 5.74) is 2.56. The summed E-state index contributed by atoms with van der Waals surface area (Å²) in [6.45, 7) is 0.742. The lowest BCUT2D eigenvalue weighted by Crippen LogP contribution is -2.24. The van der Waals surface area contributed by atoms with Gasteiger partial charge in [-0.05, 0) is 29.8 Å². The van der Waals surface area contributed by atoms with Crippen molar-refractivity contribution in [1.82, 2.24) is 15.0 Å². The molecule has 1 N–H and O–H groups in total. The van der Waals surface area contributed by atoms with Crippen molar-refractivity contribution in [3.05, 3.63) is 65.5 Å². The molecule has 8 heteroatoms. The second-order valence-corrected chi connectivity index (χ2v) is 6.33. The summed E-state index contributed by atoms with van der Waals surface area (Å²) in [6.07, 6.45) is -0.158. The Labute approximate surface area is 162 Å². The van der Waals surface area contributed by atoms with Gasteiger partial charge in [0.15, 0.2) is 5.69 Å². The van der Waals surface area contributed by atoms with Gasteiger partial charge in [0, 0.05) is 11.8 Å². The number of hydrogen-bond acceptors (Lipinski definition) is 6. The minimum Gasteiger partial charge on any atom is -0.497 e. The predicted molar refractivity (Wildman–Crippen MR) is 101 cm³/mol. The fraction of sp³-hybridized carbons (Fsp3) is 0.250. The molecule has 1 aromatic heterocycles. The Morgan fingerprint density at radius 1 is 1.14 bits per heavy atom. The van der Waals surface area contributed by atoms with Crippen LogP contribution in [0.15, 0.2) is 48.5 Å². The number of rotatable bonds is 5. The molecule has 28 heavy (non-hydrogen) atoms. The van der Waals surface area contributed by atoms with Gasteiger partial charge in [0.05, 0.1) is 33.1 Å². The minimum absolute atomic E-state index is 0.158. The van der Waals surface area contributed by atoms with Crippen molar-refractivity contribution in [3.8, 4) is 11.5 Å². The molecule has 8 nitrogen and oxygen atoms in total. The number of carbonyl (C=O) groups is 1. The summed E-state index contributed by atoms with van der Waals surface area (Å²) in [5.74, 6) is 1.12. The molecule has 2 aromatic carbocycles. The zero-order valence-corrected chi connectivity index (χ0v) is 15.6. The van der Waals surface area contributed by atoms with Gasteiger partial charge in [-0.25, -0.2) is 4.68 Å². The van der Waals surface area contributed by atoms with E-state index in [1.54, 1.807) is 37.1 Å². The highest BCUT2D eigenvalue weighted by atomic mass is 16.5. The molecule has 1 amide bonds. The lowest BCUT2D eigenvalue weighted by molar-refractivity contribution is -0.00173. The number of carbonyl (C=O) groups excluding carboxylic acids is 1. The third kappa shape index (κ3) is 3.54. The first-order valence-electron chi connectivity index (χ1n) is 8.81. The van der Waals surface area contributed by atoms with Crippen LogP contribution in [-0.4, -0.2) is 35.1 Å². The van der Waals surface area contributed by atoms with Crippen molar-refractivity contribution in [1.29, 1.82) is 0 Å². The number of aromatic nitrogens is 3. The Hall–Kier alpha value is -3.39. The smallest absolute Gasteiger partial charge is 0.278 e. The van der Waals surface area contributed by atoms with Gasteiger partial charge in [0.25, 0.3) is 5.91 Å². The van der Waals surface area contributed by atoms with E-state index in [-0.39, 0.29) is 24.3 Å². The Kier molecular flexibility index (Phi) is 4.94. The van der Waals surface area contributed by atoms with Crippen LogP contribution >= 0.6 is 0 Å². The number of fused-ring (bicyclic) bond motifs is 1. The van der Waals surface area contributed by atoms with Gasteiger partial charge in [0.1, 0.15) is 17.6 Å². The van der Waals surface area contributed by atoms with Crippen LogP contribution in [0, 0.1) is 0 Å². The lowest BCUT2D eigenvalue weighted by Gasteiger charge is -2.24. The first-order chi connectivity index (χ1) is 13.7. The molecule has 0 saturated heterocycles. The van der Waals surface area contributed by atoms with Gasteiger partial charge in [0.2, 0.25) is 0 Å². The predicted octanol–water partition coefficient (Wildman–Crippen LogP) is 2.82. The summed E-state index contributed by atoms with van der Waals surface area (Å²) >= 11 is 0. The molecule has 0 fully saturated rings. The quantitative estimate of drug-likeness (QED) is 0.732. The van der Waals surface area contributed by atoms with E-state index in [2.05, 4.69) is 15.6 Å². The van der Waals surface area contributed by atoms with Crippen LogP contribution < -0.4 is 14.8 Å². The van der Waals surface area contributed by atoms with Gasteiger partial charge < -0.3 is 19.5 Å². The molecular weight excluding hydrogens is 360 g/mol. The molecule has 1 aliphatic rings. The molecule has 0 aliphatic carbocycles. The average Bonchev–Trinajstić information content (AvgIpc) is 3.17. The number of nitrogens with zero attached hydrogens (tertiary/aromatic N) is 3. The highest BCUT2D eigenvalue weighted by Crippen LogP contribution is 2.28. The summed E-state index contributed by atoms with van der Waals surface area (Å²) in [7, 11) is 3.21. The molecule has 4 rings (SSSR count). The summed E-state index contributed by atoms with van der Waals surface area (Å²) in [5, 5.41) is 11.0. The van der Waals surface area contributed by atoms with Gasteiger partial charge in [-0.15, -0.1) is 5.10 Å². The molecule has 3 aromatic rings. The Morgan fingerprint density at radius 2 is 1.93 bits per heavy atom. The van der Waals surface area contributed by atoms with E-state index in [0.717, 1.165) is 11.3 Å². The molecule has 1 atom stereocenters. The number of methoxy groups -OCH3 is 2. The highest BCUT2D eigenvalue weighted by Gasteiger charge is 2.27. The zero-order chi connectivity index (χ0) is 19.5. The first kappa shape index (κ1) is 18.0. The van der Waals surface area contributed by atoms with Crippen LogP contribution in [0.25, 0.3) is 0 Å². The van der Waals surface area contributed by atoms with Crippen LogP contribution in [0.1, 0.15) is 27.8 Å². The highest BCUT2D eigenvalue weighted by molar-refractivity contribution is 6.03. The van der Waals surface area contributed by atoms with Gasteiger partial charge in [-0.1, -0.05) is 23.4 Å². The number of hydrogen-bond donors (Lipinski definition) is 1. The van der Waals surface area contributed by atoms with E-state index < -0.39 is 0 Å². The number of anilines is 1. The van der Waals surface area contributed by atoms with E-state index >= 15 is 0 Å². The van der Waals surface area contributed by atoms with Gasteiger partial charge >= 0.3 is 0 Å². The second kappa shape index (κ2) is 7.69. The van der Waals surface area contributed by atoms with Gasteiger partial charge in [-0.3, -0.25) is 4.79 Å². The molecule has 2 heterocycles. The second-order valence-electron chi connectivity index (χ2n) is 6.33. The fourth-order valence-corrected chi connectivity index (χ4v) is 3.10. The third-order valence-electron chi connectivity index (χ3n) is 4.63. The standard InChI is InChI=1S/C20H20N4O4/c1-26-15-8-6-13(7-9-15)18-11-24-17(12-28-18)19(22-23-24)20(25)21-14-4-3-5-16(10-14)27-2/h3-10,18H,11-12H2,1-2H3,(H,21,25)/t18-/m0/s1. The fourth-order valence-electron chi connectivity index (χ4n) is 3.10. The lowest BCUT2D eigenvalue weighted by atomic mass is 10.1. The van der Waals surface area contributed by atoms with E-state index in [0.29, 0.717) is 23.7 Å². The van der Waals surface area contributed by atoms with Crippen LogP contribution in [0.5, 0.6) is 11.5 Å². The number of amides is 1. The molecular formula is C20H20N4O4. The van der Waals surface area contributed by atoms with Crippen molar-refractivity contribution in [2.45, 2.75) is 19.3 Å². The van der Waals surface area contributed by atoms with Crippen molar-refractivity contribution < 1.29 is 19.0 Å². The monoisotopic (exact) mass is 380 g/mol. The number of nitrogens with one attached hydrogen (secondary N) is 1. The third-order valence-corrected chi connectivity index (χ3v) is 4.63. The molecule has 0 unspecified atom stereocenters. The van der Waals surface area contributed by atoms with E-state index in [9.17, 15) is 4.79 Å². The number of benzene rings is 2. The first-order valence-corrected chi connectivity index (χ1v) is 8.81. The molecule has 0 saturated carbocycles. The van der Waals surface area contributed by atoms with Crippen molar-refractivity contribution in [2.75, 3.05) is 19.5 Å². The average molecular weight is 380 g/mol. The van der Waals surface area contributed by atoms with E-state index in [1.807, 2.05) is 30.3 Å². The Morgan fingerprint density at radius 3 is 2.68 bits per heavy atom. The summed E-state index contributed by atoms with van der Waals surface area (Å²) < 4.78 is 18.0. The maximum absolute atomic E-state index is 12.6. The normalized spacial score (nSPS) is 15.6. The summed E-state index contributed by atoms with van der Waals surface area (Å²) in [4.78, 5) is 12.6. The van der Waals surface area contributed by atoms with Crippen LogP contribution in [0.3, 0.4) is 0 Å². The molecule has 0 spiro atoms. The Bertz CT molecular complexity index is 984. The topological polar surface area (TPSA) is 87.5 Å². The zero-order valence-electron chi connectivity index (χ0n) is 15.6. The summed E-state index contributed by atoms with van der Waals surface area (Å²) in [6, 6.07) is 14.8. The van der Waals surface area contributed by atoms with Crippen LogP contribution in [0.4, 0.5) is 5.69 Å².